The second kappa shape index (κ2) is 7.07. The van der Waals surface area contributed by atoms with E-state index in [2.05, 4.69) is 10.4 Å². The molecule has 9 heteroatoms. The van der Waals surface area contributed by atoms with Crippen LogP contribution < -0.4 is 10.1 Å². The van der Waals surface area contributed by atoms with Gasteiger partial charge >= 0.3 is 6.18 Å². The molecule has 146 valence electrons. The molecule has 1 amide bonds. The van der Waals surface area contributed by atoms with Crippen LogP contribution in [0.15, 0.2) is 18.2 Å². The highest BCUT2D eigenvalue weighted by Gasteiger charge is 2.43. The number of aromatic nitrogens is 2. The maximum absolute atomic E-state index is 13.2. The second-order valence-corrected chi connectivity index (χ2v) is 7.01. The highest BCUT2D eigenvalue weighted by molar-refractivity contribution is 6.32. The number of aryl methyl sites for hydroxylation is 1. The van der Waals surface area contributed by atoms with E-state index >= 15 is 0 Å². The summed E-state index contributed by atoms with van der Waals surface area (Å²) in [6.07, 6.45) is -3.23. The minimum absolute atomic E-state index is 0.107. The molecule has 0 aliphatic heterocycles. The van der Waals surface area contributed by atoms with Gasteiger partial charge < -0.3 is 10.1 Å². The van der Waals surface area contributed by atoms with E-state index in [9.17, 15) is 18.0 Å². The van der Waals surface area contributed by atoms with E-state index in [1.54, 1.807) is 12.1 Å². The molecule has 0 bridgehead atoms. The quantitative estimate of drug-likeness (QED) is 0.771. The highest BCUT2D eigenvalue weighted by atomic mass is 35.5. The van der Waals surface area contributed by atoms with E-state index < -0.39 is 28.8 Å². The molecule has 27 heavy (non-hydrogen) atoms. The lowest BCUT2D eigenvalue weighted by atomic mass is 10.2. The summed E-state index contributed by atoms with van der Waals surface area (Å²) in [4.78, 5) is 12.7. The SMILES string of the molecule is COc1ccc(C)cc1NC(=O)C(C)n1nc(C(F)(F)F)c(Cl)c1C1CC1. The largest absolute Gasteiger partial charge is 0.495 e. The molecular formula is C18H19ClF3N3O2. The van der Waals surface area contributed by atoms with Gasteiger partial charge in [-0.15, -0.1) is 0 Å². The molecule has 1 fully saturated rings. The number of halogens is 4. The Morgan fingerprint density at radius 3 is 2.63 bits per heavy atom. The van der Waals surface area contributed by atoms with Gasteiger partial charge in [0.1, 0.15) is 11.8 Å². The zero-order valence-electron chi connectivity index (χ0n) is 15.0. The van der Waals surface area contributed by atoms with Crippen LogP contribution in [-0.4, -0.2) is 22.8 Å². The summed E-state index contributed by atoms with van der Waals surface area (Å²) in [6, 6.07) is 4.28. The number of hydrogen-bond donors (Lipinski definition) is 1. The summed E-state index contributed by atoms with van der Waals surface area (Å²) in [6.45, 7) is 3.35. The molecule has 1 heterocycles. The number of nitrogens with zero attached hydrogens (tertiary/aromatic N) is 2. The predicted molar refractivity (Wildman–Crippen MR) is 95.3 cm³/mol. The summed E-state index contributed by atoms with van der Waals surface area (Å²) in [5.74, 6) is -0.156. The first-order chi connectivity index (χ1) is 12.6. The van der Waals surface area contributed by atoms with Crippen LogP contribution in [0.3, 0.4) is 0 Å². The van der Waals surface area contributed by atoms with Crippen LogP contribution in [0.2, 0.25) is 5.02 Å². The maximum atomic E-state index is 13.2. The van der Waals surface area contributed by atoms with E-state index in [0.29, 0.717) is 11.4 Å². The Balaban J connectivity index is 1.93. The third kappa shape index (κ3) is 3.90. The van der Waals surface area contributed by atoms with Gasteiger partial charge in [-0.25, -0.2) is 0 Å². The summed E-state index contributed by atoms with van der Waals surface area (Å²) >= 11 is 5.97. The number of benzene rings is 1. The number of carbonyl (C=O) groups is 1. The molecule has 3 rings (SSSR count). The number of amides is 1. The first kappa shape index (κ1) is 19.5. The van der Waals surface area contributed by atoms with Crippen molar-refractivity contribution in [3.8, 4) is 5.75 Å². The van der Waals surface area contributed by atoms with Crippen LogP contribution in [0.25, 0.3) is 0 Å². The van der Waals surface area contributed by atoms with Crippen molar-refractivity contribution in [1.29, 1.82) is 0 Å². The molecule has 2 aromatic rings. The van der Waals surface area contributed by atoms with Gasteiger partial charge in [-0.1, -0.05) is 17.7 Å². The average molecular weight is 402 g/mol. The van der Waals surface area contributed by atoms with Crippen molar-refractivity contribution < 1.29 is 22.7 Å². The molecular weight excluding hydrogens is 383 g/mol. The molecule has 1 N–H and O–H groups in total. The maximum Gasteiger partial charge on any atom is 0.436 e. The Hall–Kier alpha value is -2.22. The minimum Gasteiger partial charge on any atom is -0.495 e. The van der Waals surface area contributed by atoms with Crippen LogP contribution >= 0.6 is 11.6 Å². The lowest BCUT2D eigenvalue weighted by Gasteiger charge is -2.17. The monoisotopic (exact) mass is 401 g/mol. The molecule has 5 nitrogen and oxygen atoms in total. The van der Waals surface area contributed by atoms with Crippen LogP contribution in [0.5, 0.6) is 5.75 Å². The van der Waals surface area contributed by atoms with Crippen molar-refractivity contribution in [1.82, 2.24) is 9.78 Å². The third-order valence-corrected chi connectivity index (χ3v) is 4.85. The molecule has 1 atom stereocenters. The Morgan fingerprint density at radius 2 is 2.07 bits per heavy atom. The molecule has 1 saturated carbocycles. The van der Waals surface area contributed by atoms with Gasteiger partial charge in [-0.05, 0) is 44.4 Å². The smallest absolute Gasteiger partial charge is 0.436 e. The highest BCUT2D eigenvalue weighted by Crippen LogP contribution is 2.47. The van der Waals surface area contributed by atoms with Gasteiger partial charge in [-0.2, -0.15) is 18.3 Å². The predicted octanol–water partition coefficient (Wildman–Crippen LogP) is 4.95. The van der Waals surface area contributed by atoms with Crippen LogP contribution in [0, 0.1) is 6.92 Å². The Kier molecular flexibility index (Phi) is 5.12. The van der Waals surface area contributed by atoms with E-state index in [4.69, 9.17) is 16.3 Å². The fraction of sp³-hybridized carbons (Fsp3) is 0.444. The lowest BCUT2D eigenvalue weighted by Crippen LogP contribution is -2.26. The fourth-order valence-electron chi connectivity index (χ4n) is 2.89. The zero-order chi connectivity index (χ0) is 19.9. The zero-order valence-corrected chi connectivity index (χ0v) is 15.8. The standard InChI is InChI=1S/C18H19ClF3N3O2/c1-9-4-7-13(27-3)12(8-9)23-17(26)10(2)25-15(11-5-6-11)14(19)16(24-25)18(20,21)22/h4,7-8,10-11H,5-6H2,1-3H3,(H,23,26). The van der Waals surface area contributed by atoms with Gasteiger partial charge in [0, 0.05) is 5.92 Å². The van der Waals surface area contributed by atoms with Crippen LogP contribution in [0.4, 0.5) is 18.9 Å². The first-order valence-corrected chi connectivity index (χ1v) is 8.82. The Morgan fingerprint density at radius 1 is 1.41 bits per heavy atom. The third-order valence-electron chi connectivity index (χ3n) is 4.48. The summed E-state index contributed by atoms with van der Waals surface area (Å²) in [5, 5.41) is 5.92. The molecule has 1 aromatic heterocycles. The van der Waals surface area contributed by atoms with Gasteiger partial charge in [0.05, 0.1) is 23.5 Å². The number of rotatable bonds is 5. The van der Waals surface area contributed by atoms with Crippen LogP contribution in [0.1, 0.15) is 48.7 Å². The molecule has 0 spiro atoms. The molecule has 0 saturated heterocycles. The molecule has 1 aromatic carbocycles. The van der Waals surface area contributed by atoms with Gasteiger partial charge in [0.2, 0.25) is 5.91 Å². The summed E-state index contributed by atoms with van der Waals surface area (Å²) < 4.78 is 45.9. The van der Waals surface area contributed by atoms with Gasteiger partial charge in [0.15, 0.2) is 5.69 Å². The van der Waals surface area contributed by atoms with Crippen molar-refractivity contribution in [3.63, 3.8) is 0 Å². The number of methoxy groups -OCH3 is 1. The molecule has 1 aliphatic carbocycles. The number of alkyl halides is 3. The van der Waals surface area contributed by atoms with Gasteiger partial charge in [0.25, 0.3) is 0 Å². The van der Waals surface area contributed by atoms with E-state index in [0.717, 1.165) is 23.1 Å². The van der Waals surface area contributed by atoms with E-state index in [1.165, 1.54) is 14.0 Å². The molecule has 1 aliphatic rings. The molecule has 0 radical (unpaired) electrons. The summed E-state index contributed by atoms with van der Waals surface area (Å²) in [5.41, 5.74) is 0.456. The Bertz CT molecular complexity index is 875. The van der Waals surface area contributed by atoms with E-state index in [1.807, 2.05) is 13.0 Å². The number of nitrogens with one attached hydrogen (secondary N) is 1. The van der Waals surface area contributed by atoms with Crippen molar-refractivity contribution in [2.75, 3.05) is 12.4 Å². The Labute approximate surface area is 159 Å². The number of hydrogen-bond acceptors (Lipinski definition) is 3. The normalized spacial score (nSPS) is 15.5. The minimum atomic E-state index is -4.68. The first-order valence-electron chi connectivity index (χ1n) is 8.44. The van der Waals surface area contributed by atoms with Gasteiger partial charge in [-0.3, -0.25) is 9.48 Å². The molecule has 1 unspecified atom stereocenters. The fourth-order valence-corrected chi connectivity index (χ4v) is 3.28. The second-order valence-electron chi connectivity index (χ2n) is 6.63. The van der Waals surface area contributed by atoms with Crippen LogP contribution in [-0.2, 0) is 11.0 Å². The number of anilines is 1. The van der Waals surface area contributed by atoms with Crippen molar-refractivity contribution in [3.05, 3.63) is 40.2 Å². The topological polar surface area (TPSA) is 56.1 Å². The van der Waals surface area contributed by atoms with Crippen molar-refractivity contribution in [2.24, 2.45) is 0 Å². The lowest BCUT2D eigenvalue weighted by molar-refractivity contribution is -0.141. The van der Waals surface area contributed by atoms with Crippen molar-refractivity contribution in [2.45, 2.75) is 44.8 Å². The van der Waals surface area contributed by atoms with E-state index in [-0.39, 0.29) is 11.6 Å². The average Bonchev–Trinajstić information content (AvgIpc) is 3.35. The summed E-state index contributed by atoms with van der Waals surface area (Å²) in [7, 11) is 1.47. The number of ether oxygens (including phenoxy) is 1. The number of carbonyl (C=O) groups excluding carboxylic acids is 1. The van der Waals surface area contributed by atoms with Crippen molar-refractivity contribution >= 4 is 23.2 Å².